The van der Waals surface area contributed by atoms with Gasteiger partial charge in [-0.2, -0.15) is 0 Å². The highest BCUT2D eigenvalue weighted by Gasteiger charge is 2.33. The van der Waals surface area contributed by atoms with Crippen LogP contribution in [0.3, 0.4) is 0 Å². The van der Waals surface area contributed by atoms with Crippen LogP contribution in [0.2, 0.25) is 0 Å². The van der Waals surface area contributed by atoms with Gasteiger partial charge in [-0.1, -0.05) is 12.0 Å². The molecule has 0 aromatic carbocycles. The van der Waals surface area contributed by atoms with Crippen LogP contribution in [0.4, 0.5) is 0 Å². The highest BCUT2D eigenvalue weighted by molar-refractivity contribution is 5.96. The summed E-state index contributed by atoms with van der Waals surface area (Å²) < 4.78 is 0. The molecule has 0 aliphatic heterocycles. The fraction of sp³-hybridized carbons (Fsp3) is 0.714. The minimum atomic E-state index is -0.448. The van der Waals surface area contributed by atoms with E-state index in [4.69, 9.17) is 0 Å². The van der Waals surface area contributed by atoms with E-state index in [-0.39, 0.29) is 11.6 Å². The first-order valence-corrected chi connectivity index (χ1v) is 6.12. The van der Waals surface area contributed by atoms with Crippen molar-refractivity contribution >= 4 is 11.6 Å². The summed E-state index contributed by atoms with van der Waals surface area (Å²) in [6.07, 6.45) is 4.73. The maximum absolute atomic E-state index is 12.1. The number of carbonyl (C=O) groups is 2. The molecule has 0 unspecified atom stereocenters. The number of hydrogen-bond donors (Lipinski definition) is 0. The van der Waals surface area contributed by atoms with Gasteiger partial charge < -0.3 is 0 Å². The number of Topliss-reactive ketones (excluding diaryl/α,β-unsaturated/α-hetero) is 2. The highest BCUT2D eigenvalue weighted by Crippen LogP contribution is 2.37. The van der Waals surface area contributed by atoms with Gasteiger partial charge in [0.2, 0.25) is 0 Å². The third-order valence-corrected chi connectivity index (χ3v) is 3.76. The van der Waals surface area contributed by atoms with Crippen LogP contribution in [-0.2, 0) is 9.59 Å². The predicted octanol–water partition coefficient (Wildman–Crippen LogP) is 3.45. The number of ketones is 2. The van der Waals surface area contributed by atoms with E-state index in [1.54, 1.807) is 6.92 Å². The Morgan fingerprint density at radius 2 is 1.62 bits per heavy atom. The van der Waals surface area contributed by atoms with E-state index in [0.29, 0.717) is 6.42 Å². The second kappa shape index (κ2) is 4.94. The van der Waals surface area contributed by atoms with Crippen LogP contribution < -0.4 is 0 Å². The molecule has 0 saturated heterocycles. The molecule has 1 rings (SSSR count). The van der Waals surface area contributed by atoms with Crippen molar-refractivity contribution in [2.24, 2.45) is 5.41 Å². The number of rotatable bonds is 1. The molecule has 0 aromatic heterocycles. The van der Waals surface area contributed by atoms with Crippen LogP contribution in [0.15, 0.2) is 11.1 Å². The molecule has 0 atom stereocenters. The fourth-order valence-electron chi connectivity index (χ4n) is 2.43. The van der Waals surface area contributed by atoms with Crippen molar-refractivity contribution in [3.63, 3.8) is 0 Å². The van der Waals surface area contributed by atoms with Gasteiger partial charge in [-0.25, -0.2) is 0 Å². The van der Waals surface area contributed by atoms with Crippen LogP contribution in [0.1, 0.15) is 59.8 Å². The minimum absolute atomic E-state index is 0.0939. The van der Waals surface area contributed by atoms with Crippen molar-refractivity contribution < 1.29 is 9.59 Å². The van der Waals surface area contributed by atoms with Crippen molar-refractivity contribution in [2.45, 2.75) is 59.8 Å². The fourth-order valence-corrected chi connectivity index (χ4v) is 2.43. The topological polar surface area (TPSA) is 34.1 Å². The molecule has 1 fully saturated rings. The second-order valence-corrected chi connectivity index (χ2v) is 5.27. The Hall–Kier alpha value is -0.920. The van der Waals surface area contributed by atoms with Gasteiger partial charge in [-0.3, -0.25) is 9.59 Å². The summed E-state index contributed by atoms with van der Waals surface area (Å²) in [6.45, 7) is 7.36. The van der Waals surface area contributed by atoms with Crippen LogP contribution in [0.25, 0.3) is 0 Å². The Labute approximate surface area is 98.1 Å². The Morgan fingerprint density at radius 3 is 2.19 bits per heavy atom. The van der Waals surface area contributed by atoms with E-state index in [0.717, 1.165) is 36.8 Å². The first kappa shape index (κ1) is 13.1. The molecule has 0 heterocycles. The van der Waals surface area contributed by atoms with E-state index < -0.39 is 5.41 Å². The summed E-state index contributed by atoms with van der Waals surface area (Å²) in [4.78, 5) is 23.5. The van der Waals surface area contributed by atoms with Gasteiger partial charge >= 0.3 is 0 Å². The van der Waals surface area contributed by atoms with Gasteiger partial charge in [0.15, 0.2) is 5.78 Å². The smallest absolute Gasteiger partial charge is 0.155 e. The van der Waals surface area contributed by atoms with Gasteiger partial charge in [0.25, 0.3) is 0 Å². The summed E-state index contributed by atoms with van der Waals surface area (Å²) in [6, 6.07) is 0. The zero-order chi connectivity index (χ0) is 12.3. The average Bonchev–Trinajstić information content (AvgIpc) is 2.19. The Morgan fingerprint density at radius 1 is 1.06 bits per heavy atom. The molecule has 1 saturated carbocycles. The Bertz CT molecular complexity index is 335. The Kier molecular flexibility index (Phi) is 4.06. The monoisotopic (exact) mass is 222 g/mol. The highest BCUT2D eigenvalue weighted by atomic mass is 16.1. The van der Waals surface area contributed by atoms with E-state index in [9.17, 15) is 9.59 Å². The standard InChI is InChI=1S/C14H22O2/c1-10(11(2)15)12-8-6-5-7-9-13(16)14(12,3)4/h5-9H2,1-4H3/b12-10-. The van der Waals surface area contributed by atoms with Gasteiger partial charge in [-0.15, -0.1) is 0 Å². The van der Waals surface area contributed by atoms with Crippen LogP contribution in [-0.4, -0.2) is 11.6 Å². The molecule has 1 aliphatic rings. The number of allylic oxidation sites excluding steroid dienone is 2. The zero-order valence-electron chi connectivity index (χ0n) is 10.9. The van der Waals surface area contributed by atoms with Crippen molar-refractivity contribution in [1.29, 1.82) is 0 Å². The van der Waals surface area contributed by atoms with E-state index in [1.165, 1.54) is 0 Å². The van der Waals surface area contributed by atoms with Gasteiger partial charge in [-0.05, 0) is 52.5 Å². The average molecular weight is 222 g/mol. The SMILES string of the molecule is CC(=O)/C(C)=C1/CCCCCC(=O)C1(C)C. The third-order valence-electron chi connectivity index (χ3n) is 3.76. The van der Waals surface area contributed by atoms with Crippen molar-refractivity contribution in [3.8, 4) is 0 Å². The normalized spacial score (nSPS) is 24.6. The summed E-state index contributed by atoms with van der Waals surface area (Å²) >= 11 is 0. The molecule has 0 aromatic rings. The van der Waals surface area contributed by atoms with Crippen molar-refractivity contribution in [2.75, 3.05) is 0 Å². The molecule has 2 heteroatoms. The lowest BCUT2D eigenvalue weighted by atomic mass is 9.72. The quantitative estimate of drug-likeness (QED) is 0.637. The summed E-state index contributed by atoms with van der Waals surface area (Å²) in [5.74, 6) is 0.374. The van der Waals surface area contributed by atoms with Gasteiger partial charge in [0, 0.05) is 11.8 Å². The molecule has 2 nitrogen and oxygen atoms in total. The number of carbonyl (C=O) groups excluding carboxylic acids is 2. The molecule has 0 N–H and O–H groups in total. The number of hydrogen-bond acceptors (Lipinski definition) is 2. The molecule has 0 amide bonds. The molecular weight excluding hydrogens is 200 g/mol. The first-order valence-electron chi connectivity index (χ1n) is 6.12. The second-order valence-electron chi connectivity index (χ2n) is 5.27. The van der Waals surface area contributed by atoms with Crippen LogP contribution >= 0.6 is 0 Å². The first-order chi connectivity index (χ1) is 7.37. The lowest BCUT2D eigenvalue weighted by Gasteiger charge is -2.30. The summed E-state index contributed by atoms with van der Waals surface area (Å²) in [5, 5.41) is 0. The molecule has 1 aliphatic carbocycles. The lowest BCUT2D eigenvalue weighted by molar-refractivity contribution is -0.125. The molecule has 0 spiro atoms. The summed E-state index contributed by atoms with van der Waals surface area (Å²) in [7, 11) is 0. The Balaban J connectivity index is 3.16. The van der Waals surface area contributed by atoms with E-state index in [2.05, 4.69) is 0 Å². The maximum atomic E-state index is 12.1. The molecule has 16 heavy (non-hydrogen) atoms. The van der Waals surface area contributed by atoms with Gasteiger partial charge in [0.05, 0.1) is 0 Å². The zero-order valence-corrected chi connectivity index (χ0v) is 10.9. The third kappa shape index (κ3) is 2.60. The van der Waals surface area contributed by atoms with Crippen molar-refractivity contribution in [3.05, 3.63) is 11.1 Å². The van der Waals surface area contributed by atoms with E-state index in [1.807, 2.05) is 20.8 Å². The maximum Gasteiger partial charge on any atom is 0.155 e. The predicted molar refractivity (Wildman–Crippen MR) is 65.3 cm³/mol. The van der Waals surface area contributed by atoms with Crippen LogP contribution in [0, 0.1) is 5.41 Å². The largest absolute Gasteiger partial charge is 0.299 e. The minimum Gasteiger partial charge on any atom is -0.299 e. The molecular formula is C14H22O2. The van der Waals surface area contributed by atoms with Crippen molar-refractivity contribution in [1.82, 2.24) is 0 Å². The van der Waals surface area contributed by atoms with E-state index >= 15 is 0 Å². The lowest BCUT2D eigenvalue weighted by Crippen LogP contribution is -2.29. The van der Waals surface area contributed by atoms with Gasteiger partial charge in [0.1, 0.15) is 5.78 Å². The van der Waals surface area contributed by atoms with Crippen LogP contribution in [0.5, 0.6) is 0 Å². The molecule has 0 radical (unpaired) electrons. The molecule has 90 valence electrons. The summed E-state index contributed by atoms with van der Waals surface area (Å²) in [5.41, 5.74) is 1.40. The molecule has 0 bridgehead atoms.